The van der Waals surface area contributed by atoms with Gasteiger partial charge in [0.05, 0.1) is 0 Å². The van der Waals surface area contributed by atoms with Crippen molar-refractivity contribution in [2.24, 2.45) is 0 Å². The van der Waals surface area contributed by atoms with Gasteiger partial charge in [0.15, 0.2) is 0 Å². The van der Waals surface area contributed by atoms with Crippen LogP contribution in [0.3, 0.4) is 0 Å². The lowest BCUT2D eigenvalue weighted by molar-refractivity contribution is 0.296. The van der Waals surface area contributed by atoms with Crippen LogP contribution in [0.1, 0.15) is 12.0 Å². The van der Waals surface area contributed by atoms with Crippen LogP contribution in [0.4, 0.5) is 0 Å². The first kappa shape index (κ1) is 15.2. The molecule has 0 amide bonds. The lowest BCUT2D eigenvalue weighted by Gasteiger charge is -2.10. The standard InChI is InChI=1S/C16H21NO2S/c18-9-3-10-20-11-8-17-12-15-14-5-2-1-4-13(14)6-7-16(15)19/h1-2,4-7,17-19H,3,8-12H2. The van der Waals surface area contributed by atoms with Gasteiger partial charge in [-0.05, 0) is 29.0 Å². The number of benzene rings is 2. The summed E-state index contributed by atoms with van der Waals surface area (Å²) in [6.07, 6.45) is 0.856. The number of thioether (sulfide) groups is 1. The van der Waals surface area contributed by atoms with Gasteiger partial charge in [0, 0.05) is 31.0 Å². The fraction of sp³-hybridized carbons (Fsp3) is 0.375. The van der Waals surface area contributed by atoms with E-state index in [-0.39, 0.29) is 6.61 Å². The Balaban J connectivity index is 1.88. The highest BCUT2D eigenvalue weighted by Crippen LogP contribution is 2.26. The Labute approximate surface area is 124 Å². The number of aromatic hydroxyl groups is 1. The van der Waals surface area contributed by atoms with Crippen LogP contribution in [0.15, 0.2) is 36.4 Å². The van der Waals surface area contributed by atoms with Gasteiger partial charge in [-0.25, -0.2) is 0 Å². The zero-order valence-electron chi connectivity index (χ0n) is 11.5. The molecule has 0 spiro atoms. The molecule has 0 heterocycles. The lowest BCUT2D eigenvalue weighted by Crippen LogP contribution is -2.17. The van der Waals surface area contributed by atoms with E-state index in [2.05, 4.69) is 11.4 Å². The summed E-state index contributed by atoms with van der Waals surface area (Å²) in [5.74, 6) is 2.37. The summed E-state index contributed by atoms with van der Waals surface area (Å²) in [6.45, 7) is 1.84. The number of nitrogens with one attached hydrogen (secondary N) is 1. The second-order valence-corrected chi connectivity index (χ2v) is 5.88. The maximum absolute atomic E-state index is 10.0. The number of rotatable bonds is 8. The van der Waals surface area contributed by atoms with Crippen LogP contribution in [0.2, 0.25) is 0 Å². The second kappa shape index (κ2) is 8.15. The molecule has 0 saturated heterocycles. The molecule has 0 aromatic heterocycles. The van der Waals surface area contributed by atoms with Gasteiger partial charge in [-0.2, -0.15) is 11.8 Å². The normalized spacial score (nSPS) is 11.1. The van der Waals surface area contributed by atoms with Crippen LogP contribution in [0.25, 0.3) is 10.8 Å². The van der Waals surface area contributed by atoms with Crippen LogP contribution in [0.5, 0.6) is 5.75 Å². The molecule has 0 aliphatic carbocycles. The van der Waals surface area contributed by atoms with Gasteiger partial charge in [-0.1, -0.05) is 30.3 Å². The molecule has 0 aliphatic rings. The Hall–Kier alpha value is -1.23. The van der Waals surface area contributed by atoms with Crippen LogP contribution >= 0.6 is 11.8 Å². The van der Waals surface area contributed by atoms with Crippen LogP contribution < -0.4 is 5.32 Å². The molecular weight excluding hydrogens is 270 g/mol. The molecule has 2 rings (SSSR count). The fourth-order valence-corrected chi connectivity index (χ4v) is 2.96. The third-order valence-electron chi connectivity index (χ3n) is 3.19. The monoisotopic (exact) mass is 291 g/mol. The molecule has 2 aromatic carbocycles. The summed E-state index contributed by atoms with van der Waals surface area (Å²) in [4.78, 5) is 0. The number of aliphatic hydroxyl groups is 1. The zero-order chi connectivity index (χ0) is 14.2. The van der Waals surface area contributed by atoms with Crippen molar-refractivity contribution in [1.82, 2.24) is 5.32 Å². The number of aliphatic hydroxyl groups excluding tert-OH is 1. The molecule has 108 valence electrons. The smallest absolute Gasteiger partial charge is 0.120 e. The third kappa shape index (κ3) is 4.13. The molecule has 2 aromatic rings. The molecule has 3 N–H and O–H groups in total. The van der Waals surface area contributed by atoms with E-state index in [4.69, 9.17) is 5.11 Å². The highest BCUT2D eigenvalue weighted by atomic mass is 32.2. The minimum absolute atomic E-state index is 0.268. The van der Waals surface area contributed by atoms with Crippen LogP contribution in [0, 0.1) is 0 Å². The van der Waals surface area contributed by atoms with Crippen molar-refractivity contribution in [3.63, 3.8) is 0 Å². The third-order valence-corrected chi connectivity index (χ3v) is 4.26. The first-order valence-corrected chi connectivity index (χ1v) is 8.07. The van der Waals surface area contributed by atoms with Crippen molar-refractivity contribution in [3.05, 3.63) is 42.0 Å². The average Bonchev–Trinajstić information content (AvgIpc) is 2.48. The molecule has 0 saturated carbocycles. The first-order valence-electron chi connectivity index (χ1n) is 6.92. The number of hydrogen-bond acceptors (Lipinski definition) is 4. The van der Waals surface area contributed by atoms with Crippen molar-refractivity contribution < 1.29 is 10.2 Å². The molecular formula is C16H21NO2S. The number of phenolic OH excluding ortho intramolecular Hbond substituents is 1. The van der Waals surface area contributed by atoms with Crippen molar-refractivity contribution >= 4 is 22.5 Å². The van der Waals surface area contributed by atoms with Gasteiger partial charge in [-0.15, -0.1) is 0 Å². The largest absolute Gasteiger partial charge is 0.508 e. The molecule has 4 heteroatoms. The molecule has 0 fully saturated rings. The maximum atomic E-state index is 10.0. The van der Waals surface area contributed by atoms with Gasteiger partial charge in [-0.3, -0.25) is 0 Å². The van der Waals surface area contributed by atoms with E-state index in [1.165, 1.54) is 0 Å². The molecule has 20 heavy (non-hydrogen) atoms. The molecule has 3 nitrogen and oxygen atoms in total. The van der Waals surface area contributed by atoms with E-state index in [1.807, 2.05) is 36.0 Å². The Morgan fingerprint density at radius 2 is 1.90 bits per heavy atom. The molecule has 0 aliphatic heterocycles. The van der Waals surface area contributed by atoms with E-state index < -0.39 is 0 Å². The van der Waals surface area contributed by atoms with Crippen LogP contribution in [-0.4, -0.2) is 34.9 Å². The Kier molecular flexibility index (Phi) is 6.18. The van der Waals surface area contributed by atoms with Gasteiger partial charge in [0.2, 0.25) is 0 Å². The summed E-state index contributed by atoms with van der Waals surface area (Å²) >= 11 is 1.84. The predicted octanol–water partition coefficient (Wildman–Crippen LogP) is 2.75. The predicted molar refractivity (Wildman–Crippen MR) is 86.3 cm³/mol. The lowest BCUT2D eigenvalue weighted by atomic mass is 10.0. The summed E-state index contributed by atoms with van der Waals surface area (Å²) in [5, 5.41) is 24.3. The van der Waals surface area contributed by atoms with E-state index in [0.29, 0.717) is 12.3 Å². The SMILES string of the molecule is OCCCSCCNCc1c(O)ccc2ccccc12. The molecule has 0 bridgehead atoms. The molecule has 0 unspecified atom stereocenters. The number of hydrogen-bond donors (Lipinski definition) is 3. The number of fused-ring (bicyclic) bond motifs is 1. The summed E-state index contributed by atoms with van der Waals surface area (Å²) < 4.78 is 0. The van der Waals surface area contributed by atoms with E-state index >= 15 is 0 Å². The zero-order valence-corrected chi connectivity index (χ0v) is 12.3. The van der Waals surface area contributed by atoms with Crippen molar-refractivity contribution in [3.8, 4) is 5.75 Å². The Morgan fingerprint density at radius 1 is 1.05 bits per heavy atom. The Morgan fingerprint density at radius 3 is 2.75 bits per heavy atom. The summed E-state index contributed by atoms with van der Waals surface area (Å²) in [5.41, 5.74) is 0.962. The Bertz CT molecular complexity index is 545. The fourth-order valence-electron chi connectivity index (χ4n) is 2.14. The van der Waals surface area contributed by atoms with Gasteiger partial charge in [0.1, 0.15) is 5.75 Å². The molecule has 0 radical (unpaired) electrons. The van der Waals surface area contributed by atoms with Crippen LogP contribution in [-0.2, 0) is 6.54 Å². The number of phenols is 1. The average molecular weight is 291 g/mol. The van der Waals surface area contributed by atoms with Crippen molar-refractivity contribution in [2.45, 2.75) is 13.0 Å². The van der Waals surface area contributed by atoms with Gasteiger partial charge in [0.25, 0.3) is 0 Å². The quantitative estimate of drug-likeness (QED) is 0.655. The first-order chi connectivity index (χ1) is 9.83. The highest BCUT2D eigenvalue weighted by molar-refractivity contribution is 7.99. The van der Waals surface area contributed by atoms with E-state index in [0.717, 1.165) is 40.8 Å². The van der Waals surface area contributed by atoms with Gasteiger partial charge >= 0.3 is 0 Å². The second-order valence-electron chi connectivity index (χ2n) is 4.65. The molecule has 0 atom stereocenters. The van der Waals surface area contributed by atoms with Crippen molar-refractivity contribution in [2.75, 3.05) is 24.7 Å². The van der Waals surface area contributed by atoms with Gasteiger partial charge < -0.3 is 15.5 Å². The van der Waals surface area contributed by atoms with Crippen molar-refractivity contribution in [1.29, 1.82) is 0 Å². The maximum Gasteiger partial charge on any atom is 0.120 e. The minimum Gasteiger partial charge on any atom is -0.508 e. The topological polar surface area (TPSA) is 52.5 Å². The van der Waals surface area contributed by atoms with E-state index in [9.17, 15) is 5.11 Å². The van der Waals surface area contributed by atoms with E-state index in [1.54, 1.807) is 6.07 Å². The minimum atomic E-state index is 0.268. The highest BCUT2D eigenvalue weighted by Gasteiger charge is 2.05. The summed E-state index contributed by atoms with van der Waals surface area (Å²) in [7, 11) is 0. The summed E-state index contributed by atoms with van der Waals surface area (Å²) in [6, 6.07) is 11.8.